The minimum absolute atomic E-state index is 0.0190. The Labute approximate surface area is 96.9 Å². The maximum Gasteiger partial charge on any atom is 0.230 e. The molecule has 0 saturated heterocycles. The van der Waals surface area contributed by atoms with E-state index in [0.717, 1.165) is 23.0 Å². The molecule has 0 fully saturated rings. The fourth-order valence-electron chi connectivity index (χ4n) is 1.41. The van der Waals surface area contributed by atoms with Crippen molar-refractivity contribution in [1.29, 1.82) is 0 Å². The molecule has 0 radical (unpaired) electrons. The molecule has 1 rings (SSSR count). The lowest BCUT2D eigenvalue weighted by atomic mass is 9.92. The Bertz CT molecular complexity index is 356. The monoisotopic (exact) mass is 224 g/mol. The second-order valence-corrected chi connectivity index (χ2v) is 5.07. The third-order valence-corrected chi connectivity index (χ3v) is 2.47. The summed E-state index contributed by atoms with van der Waals surface area (Å²) in [5, 5.41) is 0. The highest BCUT2D eigenvalue weighted by Crippen LogP contribution is 2.21. The molecular formula is C11H22N5+. The third kappa shape index (κ3) is 3.15. The summed E-state index contributed by atoms with van der Waals surface area (Å²) in [7, 11) is 2.03. The van der Waals surface area contributed by atoms with Crippen LogP contribution in [0.3, 0.4) is 0 Å². The molecule has 1 aromatic heterocycles. The number of nitrogens with two attached hydrogens (primary N) is 2. The number of nitrogens with one attached hydrogen (secondary N) is 1. The maximum atomic E-state index is 5.72. The minimum atomic E-state index is -0.0190. The van der Waals surface area contributed by atoms with Crippen LogP contribution in [0.25, 0.3) is 0 Å². The topological polar surface area (TPSA) is 82.3 Å². The van der Waals surface area contributed by atoms with Crippen LogP contribution >= 0.6 is 0 Å². The fraction of sp³-hybridized carbons (Fsp3) is 0.636. The lowest BCUT2D eigenvalue weighted by Gasteiger charge is -2.19. The standard InChI is InChI=1S/C11H21N5/c1-11(2,3)8-7-9(15-10(13)14-8)16(4)6-5-12/h7H,5-6,12H2,1-4H3,(H2,13,14,15)/p+1. The van der Waals surface area contributed by atoms with Gasteiger partial charge in [-0.1, -0.05) is 20.8 Å². The lowest BCUT2D eigenvalue weighted by molar-refractivity contribution is -0.811. The van der Waals surface area contributed by atoms with Crippen molar-refractivity contribution in [3.05, 3.63) is 11.8 Å². The minimum Gasteiger partial charge on any atom is -0.368 e. The summed E-state index contributed by atoms with van der Waals surface area (Å²) in [5.41, 5.74) is 12.2. The van der Waals surface area contributed by atoms with Crippen LogP contribution in [-0.4, -0.2) is 30.1 Å². The smallest absolute Gasteiger partial charge is 0.230 e. The highest BCUT2D eigenvalue weighted by atomic mass is 15.2. The molecule has 1 atom stereocenters. The lowest BCUT2D eigenvalue weighted by Crippen LogP contribution is -3.05. The molecule has 0 aromatic carbocycles. The normalized spacial score (nSPS) is 13.8. The van der Waals surface area contributed by atoms with Crippen molar-refractivity contribution in [2.45, 2.75) is 26.2 Å². The molecule has 5 N–H and O–H groups in total. The molecule has 0 amide bonds. The molecule has 0 spiro atoms. The number of nitrogen functional groups attached to an aromatic ring is 1. The van der Waals surface area contributed by atoms with Crippen molar-refractivity contribution in [3.8, 4) is 0 Å². The molecule has 5 heteroatoms. The quantitative estimate of drug-likeness (QED) is 0.644. The number of anilines is 1. The van der Waals surface area contributed by atoms with Crippen molar-refractivity contribution in [2.75, 3.05) is 25.9 Å². The number of nitrogens with zero attached hydrogens (tertiary/aromatic N) is 2. The van der Waals surface area contributed by atoms with Gasteiger partial charge in [-0.15, -0.1) is 0 Å². The average molecular weight is 224 g/mol. The molecule has 0 saturated carbocycles. The second-order valence-electron chi connectivity index (χ2n) is 5.07. The van der Waals surface area contributed by atoms with E-state index in [4.69, 9.17) is 11.5 Å². The Morgan fingerprint density at radius 2 is 1.94 bits per heavy atom. The number of hydrogen-bond donors (Lipinski definition) is 3. The van der Waals surface area contributed by atoms with E-state index in [9.17, 15) is 0 Å². The average Bonchev–Trinajstić information content (AvgIpc) is 2.16. The van der Waals surface area contributed by atoms with Gasteiger partial charge in [0, 0.05) is 18.0 Å². The SMILES string of the molecule is C[NH+](CCN)c1cc(C(C)(C)C)nc(N)n1. The summed E-state index contributed by atoms with van der Waals surface area (Å²) in [6, 6.07) is 2.00. The molecule has 0 aliphatic rings. The molecule has 0 aliphatic carbocycles. The van der Waals surface area contributed by atoms with Crippen molar-refractivity contribution < 1.29 is 4.90 Å². The summed E-state index contributed by atoms with van der Waals surface area (Å²) in [4.78, 5) is 9.66. The van der Waals surface area contributed by atoms with Gasteiger partial charge >= 0.3 is 0 Å². The first-order chi connectivity index (χ1) is 7.34. The molecule has 5 nitrogen and oxygen atoms in total. The van der Waals surface area contributed by atoms with Gasteiger partial charge in [-0.25, -0.2) is 4.98 Å². The Kier molecular flexibility index (Phi) is 3.83. The summed E-state index contributed by atoms with van der Waals surface area (Å²) in [5.74, 6) is 1.24. The molecule has 0 bridgehead atoms. The zero-order valence-corrected chi connectivity index (χ0v) is 10.5. The first kappa shape index (κ1) is 12.9. The van der Waals surface area contributed by atoms with Crippen LogP contribution in [0.4, 0.5) is 11.8 Å². The highest BCUT2D eigenvalue weighted by Gasteiger charge is 2.20. The van der Waals surface area contributed by atoms with Gasteiger partial charge in [0.25, 0.3) is 0 Å². The summed E-state index contributed by atoms with van der Waals surface area (Å²) in [6.07, 6.45) is 0. The Hall–Kier alpha value is -1.20. The predicted octanol–water partition coefficient (Wildman–Crippen LogP) is -0.539. The number of rotatable bonds is 3. The van der Waals surface area contributed by atoms with Crippen LogP contribution in [0.5, 0.6) is 0 Å². The summed E-state index contributed by atoms with van der Waals surface area (Å²) in [6.45, 7) is 7.78. The van der Waals surface area contributed by atoms with Gasteiger partial charge in [-0.05, 0) is 0 Å². The van der Waals surface area contributed by atoms with E-state index < -0.39 is 0 Å². The first-order valence-electron chi connectivity index (χ1n) is 5.52. The number of aromatic nitrogens is 2. The molecule has 1 aromatic rings. The molecule has 90 valence electrons. The van der Waals surface area contributed by atoms with Gasteiger partial charge in [0.2, 0.25) is 11.8 Å². The Balaban J connectivity index is 3.08. The molecule has 0 aliphatic heterocycles. The zero-order valence-electron chi connectivity index (χ0n) is 10.5. The fourth-order valence-corrected chi connectivity index (χ4v) is 1.41. The van der Waals surface area contributed by atoms with E-state index in [0.29, 0.717) is 12.5 Å². The zero-order chi connectivity index (χ0) is 12.3. The first-order valence-corrected chi connectivity index (χ1v) is 5.52. The van der Waals surface area contributed by atoms with Crippen LogP contribution in [0.15, 0.2) is 6.07 Å². The predicted molar refractivity (Wildman–Crippen MR) is 65.6 cm³/mol. The van der Waals surface area contributed by atoms with E-state index in [2.05, 4.69) is 30.7 Å². The molecule has 16 heavy (non-hydrogen) atoms. The van der Waals surface area contributed by atoms with Gasteiger partial charge in [0.15, 0.2) is 0 Å². The van der Waals surface area contributed by atoms with Gasteiger partial charge < -0.3 is 11.5 Å². The Morgan fingerprint density at radius 3 is 2.44 bits per heavy atom. The van der Waals surface area contributed by atoms with Gasteiger partial charge in [-0.3, -0.25) is 4.90 Å². The van der Waals surface area contributed by atoms with Crippen LogP contribution in [0.1, 0.15) is 26.5 Å². The van der Waals surface area contributed by atoms with E-state index in [-0.39, 0.29) is 5.41 Å². The van der Waals surface area contributed by atoms with Crippen LogP contribution < -0.4 is 16.4 Å². The Morgan fingerprint density at radius 1 is 1.31 bits per heavy atom. The molecular weight excluding hydrogens is 202 g/mol. The number of quaternary nitrogens is 1. The van der Waals surface area contributed by atoms with Crippen LogP contribution in [-0.2, 0) is 5.41 Å². The summed E-state index contributed by atoms with van der Waals surface area (Å²) < 4.78 is 0. The maximum absolute atomic E-state index is 5.72. The third-order valence-electron chi connectivity index (χ3n) is 2.47. The molecule has 1 heterocycles. The van der Waals surface area contributed by atoms with Crippen molar-refractivity contribution in [2.24, 2.45) is 5.73 Å². The highest BCUT2D eigenvalue weighted by molar-refractivity contribution is 5.32. The van der Waals surface area contributed by atoms with Crippen molar-refractivity contribution in [1.82, 2.24) is 9.97 Å². The summed E-state index contributed by atoms with van der Waals surface area (Å²) >= 11 is 0. The van der Waals surface area contributed by atoms with Gasteiger partial charge in [-0.2, -0.15) is 4.98 Å². The molecule has 1 unspecified atom stereocenters. The number of likely N-dealkylation sites (N-methyl/N-ethyl adjacent to an activating group) is 1. The van der Waals surface area contributed by atoms with Gasteiger partial charge in [0.1, 0.15) is 0 Å². The van der Waals surface area contributed by atoms with E-state index >= 15 is 0 Å². The van der Waals surface area contributed by atoms with Crippen LogP contribution in [0, 0.1) is 0 Å². The van der Waals surface area contributed by atoms with E-state index in [1.165, 1.54) is 0 Å². The number of hydrogen-bond acceptors (Lipinski definition) is 4. The van der Waals surface area contributed by atoms with E-state index in [1.54, 1.807) is 0 Å². The largest absolute Gasteiger partial charge is 0.368 e. The van der Waals surface area contributed by atoms with Gasteiger partial charge in [0.05, 0.1) is 19.3 Å². The van der Waals surface area contributed by atoms with Crippen molar-refractivity contribution in [3.63, 3.8) is 0 Å². The van der Waals surface area contributed by atoms with Crippen molar-refractivity contribution >= 4 is 11.8 Å². The van der Waals surface area contributed by atoms with Crippen LogP contribution in [0.2, 0.25) is 0 Å². The van der Waals surface area contributed by atoms with E-state index in [1.807, 2.05) is 13.1 Å². The second kappa shape index (κ2) is 4.76.